The van der Waals surface area contributed by atoms with Gasteiger partial charge in [0.15, 0.2) is 9.84 Å². The van der Waals surface area contributed by atoms with Crippen LogP contribution in [0.4, 0.5) is 5.69 Å². The van der Waals surface area contributed by atoms with Crippen molar-refractivity contribution in [2.75, 3.05) is 30.5 Å². The lowest BCUT2D eigenvalue weighted by Gasteiger charge is -2.15. The van der Waals surface area contributed by atoms with E-state index in [9.17, 15) is 18.3 Å². The molecule has 1 aliphatic heterocycles. The molecule has 6 nitrogen and oxygen atoms in total. The Bertz CT molecular complexity index is 610. The molecule has 1 amide bonds. The molecule has 1 aliphatic rings. The van der Waals surface area contributed by atoms with Gasteiger partial charge in [-0.2, -0.15) is 0 Å². The second kappa shape index (κ2) is 6.03. The molecule has 2 rings (SSSR count). The maximum Gasteiger partial charge on any atom is 0.224 e. The van der Waals surface area contributed by atoms with Gasteiger partial charge in [0, 0.05) is 19.8 Å². The number of aliphatic hydroxyl groups is 1. The molecule has 21 heavy (non-hydrogen) atoms. The first kappa shape index (κ1) is 15.8. The maximum absolute atomic E-state index is 11.9. The predicted octanol–water partition coefficient (Wildman–Crippen LogP) is -0.431. The van der Waals surface area contributed by atoms with Crippen LogP contribution in [0.15, 0.2) is 24.3 Å². The third-order valence-corrected chi connectivity index (χ3v) is 5.20. The van der Waals surface area contributed by atoms with E-state index in [0.717, 1.165) is 11.3 Å². The lowest BCUT2D eigenvalue weighted by molar-refractivity contribution is -0.121. The van der Waals surface area contributed by atoms with E-state index in [4.69, 9.17) is 0 Å². The normalized spacial score (nSPS) is 23.8. The highest BCUT2D eigenvalue weighted by atomic mass is 32.2. The molecule has 2 N–H and O–H groups in total. The molecule has 1 aromatic rings. The number of sulfone groups is 1. The van der Waals surface area contributed by atoms with Crippen LogP contribution in [0.25, 0.3) is 0 Å². The minimum atomic E-state index is -3.25. The number of amides is 1. The van der Waals surface area contributed by atoms with Crippen molar-refractivity contribution in [3.05, 3.63) is 29.8 Å². The largest absolute Gasteiger partial charge is 0.390 e. The van der Waals surface area contributed by atoms with Gasteiger partial charge in [-0.1, -0.05) is 12.1 Å². The van der Waals surface area contributed by atoms with Crippen LogP contribution in [0.5, 0.6) is 0 Å². The third kappa shape index (κ3) is 4.18. The van der Waals surface area contributed by atoms with Crippen molar-refractivity contribution >= 4 is 21.4 Å². The summed E-state index contributed by atoms with van der Waals surface area (Å²) in [5.41, 5.74) is 1.88. The average Bonchev–Trinajstić information content (AvgIpc) is 2.62. The molecule has 1 saturated heterocycles. The summed E-state index contributed by atoms with van der Waals surface area (Å²) in [4.78, 5) is 13.9. The van der Waals surface area contributed by atoms with Crippen molar-refractivity contribution in [3.8, 4) is 0 Å². The Balaban J connectivity index is 1.93. The predicted molar refractivity (Wildman–Crippen MR) is 81.1 cm³/mol. The second-order valence-corrected chi connectivity index (χ2v) is 7.71. The molecule has 0 bridgehead atoms. The molecule has 2 atom stereocenters. The van der Waals surface area contributed by atoms with E-state index in [1.54, 1.807) is 0 Å². The zero-order valence-electron chi connectivity index (χ0n) is 12.1. The van der Waals surface area contributed by atoms with E-state index in [-0.39, 0.29) is 23.8 Å². The fourth-order valence-electron chi connectivity index (χ4n) is 2.32. The minimum absolute atomic E-state index is 0.164. The van der Waals surface area contributed by atoms with E-state index in [1.165, 1.54) is 0 Å². The zero-order chi connectivity index (χ0) is 15.6. The topological polar surface area (TPSA) is 86.7 Å². The number of hydrogen-bond acceptors (Lipinski definition) is 5. The van der Waals surface area contributed by atoms with Gasteiger partial charge in [-0.3, -0.25) is 4.79 Å². The van der Waals surface area contributed by atoms with E-state index >= 15 is 0 Å². The molecule has 1 heterocycles. The van der Waals surface area contributed by atoms with Gasteiger partial charge in [-0.15, -0.1) is 0 Å². The van der Waals surface area contributed by atoms with Crippen LogP contribution in [-0.2, 0) is 21.1 Å². The quantitative estimate of drug-likeness (QED) is 0.788. The number of benzene rings is 1. The van der Waals surface area contributed by atoms with E-state index in [1.807, 2.05) is 43.3 Å². The summed E-state index contributed by atoms with van der Waals surface area (Å²) in [6.45, 7) is 0. The summed E-state index contributed by atoms with van der Waals surface area (Å²) in [5, 5.41) is 12.2. The number of hydrogen-bond donors (Lipinski definition) is 2. The van der Waals surface area contributed by atoms with Gasteiger partial charge < -0.3 is 15.3 Å². The zero-order valence-corrected chi connectivity index (χ0v) is 12.9. The maximum atomic E-state index is 11.9. The summed E-state index contributed by atoms with van der Waals surface area (Å²) in [7, 11) is 0.620. The van der Waals surface area contributed by atoms with Crippen molar-refractivity contribution < 1.29 is 18.3 Å². The van der Waals surface area contributed by atoms with Crippen LogP contribution >= 0.6 is 0 Å². The lowest BCUT2D eigenvalue weighted by Crippen LogP contribution is -2.43. The lowest BCUT2D eigenvalue weighted by atomic mass is 10.1. The fourth-order valence-corrected chi connectivity index (χ4v) is 4.06. The number of rotatable bonds is 4. The number of carbonyl (C=O) groups is 1. The van der Waals surface area contributed by atoms with Gasteiger partial charge >= 0.3 is 0 Å². The minimum Gasteiger partial charge on any atom is -0.390 e. The molecule has 116 valence electrons. The summed E-state index contributed by atoms with van der Waals surface area (Å²) >= 11 is 0. The number of nitrogens with one attached hydrogen (secondary N) is 1. The number of anilines is 1. The number of nitrogens with zero attached hydrogens (tertiary/aromatic N) is 1. The van der Waals surface area contributed by atoms with Crippen molar-refractivity contribution in [3.63, 3.8) is 0 Å². The van der Waals surface area contributed by atoms with E-state index in [0.29, 0.717) is 0 Å². The van der Waals surface area contributed by atoms with Crippen LogP contribution in [-0.4, -0.2) is 57.2 Å². The molecular formula is C14H20N2O4S. The Hall–Kier alpha value is -1.60. The Morgan fingerprint density at radius 1 is 1.29 bits per heavy atom. The molecular weight excluding hydrogens is 292 g/mol. The Morgan fingerprint density at radius 2 is 1.90 bits per heavy atom. The van der Waals surface area contributed by atoms with Gasteiger partial charge in [0.2, 0.25) is 5.91 Å². The molecule has 0 spiro atoms. The van der Waals surface area contributed by atoms with Crippen molar-refractivity contribution in [1.29, 1.82) is 0 Å². The first-order valence-corrected chi connectivity index (χ1v) is 8.53. The molecule has 0 aliphatic carbocycles. The van der Waals surface area contributed by atoms with Gasteiger partial charge in [-0.05, 0) is 17.7 Å². The molecule has 0 unspecified atom stereocenters. The summed E-state index contributed by atoms with van der Waals surface area (Å²) in [6.07, 6.45) is -0.855. The highest BCUT2D eigenvalue weighted by Gasteiger charge is 2.37. The van der Waals surface area contributed by atoms with Crippen molar-refractivity contribution in [2.45, 2.75) is 18.6 Å². The molecule has 1 aromatic carbocycles. The molecule has 0 aromatic heterocycles. The van der Waals surface area contributed by atoms with E-state index < -0.39 is 22.0 Å². The highest BCUT2D eigenvalue weighted by Crippen LogP contribution is 2.14. The number of aliphatic hydroxyl groups excluding tert-OH is 1. The SMILES string of the molecule is CN(C)c1ccc(CC(=O)N[C@@H]2CS(=O)(=O)C[C@H]2O)cc1. The fraction of sp³-hybridized carbons (Fsp3) is 0.500. The highest BCUT2D eigenvalue weighted by molar-refractivity contribution is 7.91. The summed E-state index contributed by atoms with van der Waals surface area (Å²) in [5.74, 6) is -0.761. The first-order valence-electron chi connectivity index (χ1n) is 6.71. The van der Waals surface area contributed by atoms with Crippen LogP contribution in [0, 0.1) is 0 Å². The smallest absolute Gasteiger partial charge is 0.224 e. The van der Waals surface area contributed by atoms with Gasteiger partial charge in [0.25, 0.3) is 0 Å². The van der Waals surface area contributed by atoms with Crippen molar-refractivity contribution in [2.24, 2.45) is 0 Å². The van der Waals surface area contributed by atoms with Crippen LogP contribution < -0.4 is 10.2 Å². The number of carbonyl (C=O) groups excluding carboxylic acids is 1. The van der Waals surface area contributed by atoms with Gasteiger partial charge in [0.05, 0.1) is 30.1 Å². The van der Waals surface area contributed by atoms with Crippen molar-refractivity contribution in [1.82, 2.24) is 5.32 Å². The molecule has 0 radical (unpaired) electrons. The monoisotopic (exact) mass is 312 g/mol. The van der Waals surface area contributed by atoms with E-state index in [2.05, 4.69) is 5.32 Å². The molecule has 7 heteroatoms. The van der Waals surface area contributed by atoms with Crippen LogP contribution in [0.1, 0.15) is 5.56 Å². The Labute approximate surface area is 124 Å². The second-order valence-electron chi connectivity index (χ2n) is 5.56. The standard InChI is InChI=1S/C14H20N2O4S/c1-16(2)11-5-3-10(4-6-11)7-14(18)15-12-8-21(19,20)9-13(12)17/h3-6,12-13,17H,7-9H2,1-2H3,(H,15,18)/t12-,13-/m1/s1. The van der Waals surface area contributed by atoms with Crippen LogP contribution in [0.3, 0.4) is 0 Å². The Morgan fingerprint density at radius 3 is 2.38 bits per heavy atom. The third-order valence-electron chi connectivity index (χ3n) is 3.49. The van der Waals surface area contributed by atoms with Gasteiger partial charge in [-0.25, -0.2) is 8.42 Å². The average molecular weight is 312 g/mol. The summed E-state index contributed by atoms with van der Waals surface area (Å²) < 4.78 is 22.8. The first-order chi connectivity index (χ1) is 9.77. The van der Waals surface area contributed by atoms with Crippen LogP contribution in [0.2, 0.25) is 0 Å². The molecule has 0 saturated carbocycles. The summed E-state index contributed by atoms with van der Waals surface area (Å²) in [6, 6.07) is 6.84. The Kier molecular flexibility index (Phi) is 4.53. The molecule has 1 fully saturated rings. The van der Waals surface area contributed by atoms with Gasteiger partial charge in [0.1, 0.15) is 0 Å².